The molecule has 107 heavy (non-hydrogen) atoms. The van der Waals surface area contributed by atoms with Crippen LogP contribution in [0.1, 0.15) is 176 Å². The summed E-state index contributed by atoms with van der Waals surface area (Å²) in [5.41, 5.74) is 6.88. The van der Waals surface area contributed by atoms with E-state index >= 15 is 0 Å². The highest BCUT2D eigenvalue weighted by Gasteiger charge is 2.37. The molecule has 2 aromatic carbocycles. The van der Waals surface area contributed by atoms with Gasteiger partial charge in [0.1, 0.15) is 41.2 Å². The number of likely N-dealkylation sites (N-methyl/N-ethyl adjacent to an activating group) is 1. The first-order valence-electron chi connectivity index (χ1n) is 35.4. The molecule has 9 atom stereocenters. The lowest BCUT2D eigenvalue weighted by atomic mass is 9.79. The minimum atomic E-state index is -1.52. The number of esters is 2. The van der Waals surface area contributed by atoms with Crippen LogP contribution in [-0.4, -0.2) is 214 Å². The molecule has 4 rings (SSSR count). The Kier molecular flexibility index (Phi) is 39.7. The number of aromatic hydroxyl groups is 1. The van der Waals surface area contributed by atoms with Gasteiger partial charge in [-0.2, -0.15) is 0 Å². The zero-order chi connectivity index (χ0) is 79.3. The Morgan fingerprint density at radius 1 is 0.738 bits per heavy atom. The number of hydrogen-bond acceptors (Lipinski definition) is 23. The van der Waals surface area contributed by atoms with Gasteiger partial charge in [-0.25, -0.2) is 24.8 Å². The molecule has 592 valence electrons. The molecule has 37 heteroatoms. The molecule has 1 heterocycles. The SMILES string of the molecule is CCCCN(C)[C@H](C)C(=O)NCC(=O)N(COC(=O)CCC)[C@H](C[C@@H](OC(C)=O)c1nc(C(=O)N[C@H]2Cc3ccc(O)cc3[C@H](C(=O)NNC(=O)OCCSSC[C@@H](C)NC(=O)[C@H](C)NC(=O)[C@H](CC(=O)O)NC(=O)Cc3ccc(CNC(=O)NCCCCCNC(=O)N[C@@H](C)C(=O)O)cc3)C2)cs1)C(C)C. The fraction of sp³-hybridized carbons (Fsp3) is 0.586. The fourth-order valence-electron chi connectivity index (χ4n) is 10.7. The van der Waals surface area contributed by atoms with E-state index in [1.807, 2.05) is 32.7 Å². The van der Waals surface area contributed by atoms with E-state index in [0.717, 1.165) is 24.2 Å². The van der Waals surface area contributed by atoms with Gasteiger partial charge < -0.3 is 82.3 Å². The summed E-state index contributed by atoms with van der Waals surface area (Å²) in [4.78, 5) is 187. The summed E-state index contributed by atoms with van der Waals surface area (Å²) >= 11 is 1.03. The number of rotatable bonds is 45. The van der Waals surface area contributed by atoms with Gasteiger partial charge in [0.15, 0.2) is 12.8 Å². The summed E-state index contributed by atoms with van der Waals surface area (Å²) in [6, 6.07) is 4.09. The Labute approximate surface area is 634 Å². The highest BCUT2D eigenvalue weighted by molar-refractivity contribution is 8.76. The number of unbranched alkanes of at least 4 members (excludes halogenated alkanes) is 3. The Hall–Kier alpha value is -9.49. The molecule has 0 radical (unpaired) electrons. The molecule has 0 fully saturated rings. The number of hydrogen-bond donors (Lipinski definition) is 14. The van der Waals surface area contributed by atoms with Crippen LogP contribution < -0.4 is 58.7 Å². The Balaban J connectivity index is 1.21. The number of aromatic nitrogens is 1. The van der Waals surface area contributed by atoms with Crippen molar-refractivity contribution in [3.8, 4) is 5.75 Å². The Morgan fingerprint density at radius 2 is 1.43 bits per heavy atom. The maximum absolute atomic E-state index is 14.1. The van der Waals surface area contributed by atoms with E-state index in [4.69, 9.17) is 19.3 Å². The lowest BCUT2D eigenvalue weighted by molar-refractivity contribution is -0.158. The van der Waals surface area contributed by atoms with Gasteiger partial charge in [-0.05, 0) is 127 Å². The fourth-order valence-corrected chi connectivity index (χ4v) is 13.7. The molecular weight excluding hydrogens is 1450 g/mol. The number of fused-ring (bicyclic) bond motifs is 1. The Morgan fingerprint density at radius 3 is 2.08 bits per heavy atom. The number of carbonyl (C=O) groups excluding carboxylic acids is 12. The molecule has 1 aromatic heterocycles. The van der Waals surface area contributed by atoms with E-state index in [1.165, 1.54) is 64.8 Å². The number of nitrogens with one attached hydrogen (secondary N) is 11. The molecule has 14 N–H and O–H groups in total. The van der Waals surface area contributed by atoms with Crippen molar-refractivity contribution in [2.45, 2.75) is 200 Å². The molecule has 0 unspecified atom stereocenters. The van der Waals surface area contributed by atoms with Crippen molar-refractivity contribution in [3.05, 3.63) is 80.8 Å². The number of thiazole rings is 1. The molecule has 0 spiro atoms. The van der Waals surface area contributed by atoms with E-state index in [1.54, 1.807) is 51.1 Å². The topological polar surface area (TPSA) is 479 Å². The monoisotopic (exact) mass is 1560 g/mol. The third kappa shape index (κ3) is 33.5. The summed E-state index contributed by atoms with van der Waals surface area (Å²) in [5.74, 6) is -8.89. The first-order valence-corrected chi connectivity index (χ1v) is 38.8. The van der Waals surface area contributed by atoms with Crippen LogP contribution in [0, 0.1) is 5.92 Å². The lowest BCUT2D eigenvalue weighted by Gasteiger charge is -2.36. The molecule has 3 aromatic rings. The average molecular weight is 1560 g/mol. The van der Waals surface area contributed by atoms with Crippen molar-refractivity contribution < 1.29 is 96.7 Å². The van der Waals surface area contributed by atoms with Crippen LogP contribution in [0.3, 0.4) is 0 Å². The summed E-state index contributed by atoms with van der Waals surface area (Å²) in [6.45, 7) is 15.5. The van der Waals surface area contributed by atoms with E-state index in [9.17, 15) is 77.3 Å². The van der Waals surface area contributed by atoms with E-state index in [-0.39, 0.29) is 79.3 Å². The van der Waals surface area contributed by atoms with Crippen LogP contribution in [-0.2, 0) is 81.5 Å². The summed E-state index contributed by atoms with van der Waals surface area (Å²) < 4.78 is 16.6. The van der Waals surface area contributed by atoms with Gasteiger partial charge in [0.2, 0.25) is 35.4 Å². The third-order valence-corrected chi connectivity index (χ3v) is 20.3. The molecular formula is C70H104N14O20S3. The van der Waals surface area contributed by atoms with Crippen LogP contribution >= 0.6 is 32.9 Å². The van der Waals surface area contributed by atoms with Crippen molar-refractivity contribution in [1.29, 1.82) is 0 Å². The van der Waals surface area contributed by atoms with Crippen molar-refractivity contribution in [2.75, 3.05) is 58.1 Å². The van der Waals surface area contributed by atoms with E-state index in [0.29, 0.717) is 73.3 Å². The second-order valence-corrected chi connectivity index (χ2v) is 29.6. The van der Waals surface area contributed by atoms with Crippen LogP contribution in [0.5, 0.6) is 5.75 Å². The second-order valence-electron chi connectivity index (χ2n) is 26.1. The van der Waals surface area contributed by atoms with Gasteiger partial charge in [0.05, 0.1) is 31.3 Å². The van der Waals surface area contributed by atoms with Gasteiger partial charge in [0, 0.05) is 74.4 Å². The normalized spacial score (nSPS) is 15.0. The zero-order valence-corrected chi connectivity index (χ0v) is 64.5. The molecule has 0 bridgehead atoms. The zero-order valence-electron chi connectivity index (χ0n) is 62.1. The number of phenols is 1. The predicted octanol–water partition coefficient (Wildman–Crippen LogP) is 4.15. The number of carbonyl (C=O) groups is 14. The third-order valence-electron chi connectivity index (χ3n) is 16.8. The lowest BCUT2D eigenvalue weighted by Crippen LogP contribution is -2.54. The van der Waals surface area contributed by atoms with Crippen molar-refractivity contribution in [3.63, 3.8) is 0 Å². The summed E-state index contributed by atoms with van der Waals surface area (Å²) in [6.07, 6.45) is 1.54. The summed E-state index contributed by atoms with van der Waals surface area (Å²) in [7, 11) is 4.47. The number of nitrogens with zero attached hydrogens (tertiary/aromatic N) is 3. The number of benzene rings is 2. The highest BCUT2D eigenvalue weighted by atomic mass is 33.1. The molecule has 0 saturated carbocycles. The van der Waals surface area contributed by atoms with Gasteiger partial charge >= 0.3 is 42.0 Å². The predicted molar refractivity (Wildman–Crippen MR) is 398 cm³/mol. The largest absolute Gasteiger partial charge is 0.508 e. The average Bonchev–Trinajstić information content (AvgIpc) is 1.39. The first kappa shape index (κ1) is 89.9. The van der Waals surface area contributed by atoms with Gasteiger partial charge in [0.25, 0.3) is 5.91 Å². The van der Waals surface area contributed by atoms with Gasteiger partial charge in [-0.3, -0.25) is 63.1 Å². The maximum atomic E-state index is 14.1. The number of ether oxygens (including phenoxy) is 3. The smallest absolute Gasteiger partial charge is 0.426 e. The van der Waals surface area contributed by atoms with Crippen molar-refractivity contribution in [1.82, 2.24) is 73.5 Å². The van der Waals surface area contributed by atoms with Gasteiger partial charge in [-0.15, -0.1) is 11.3 Å². The summed E-state index contributed by atoms with van der Waals surface area (Å²) in [5, 5.41) is 54.2. The minimum Gasteiger partial charge on any atom is -0.508 e. The second kappa shape index (κ2) is 47.2. The van der Waals surface area contributed by atoms with E-state index in [2.05, 4.69) is 63.7 Å². The van der Waals surface area contributed by atoms with Crippen LogP contribution in [0.25, 0.3) is 0 Å². The molecule has 0 aliphatic heterocycles. The number of hydrazine groups is 1. The standard InChI is InChI=1S/C70H104N14O20S3/c1-11-13-26-83(10)44(8)62(93)73-36-58(88)84(39-103-60(91)17-12-2)55(40(3)4)34-56(104-45(9)85)66-80-54(38-105-66)65(96)78-49-30-48-22-23-50(86)32-51(48)52(31-49)63(94)81-82-70(101)102-27-28-106-107-37-41(5)75-61(92)42(6)76-64(95)53(33-59(89)90)79-57(87)29-46-18-20-47(21-19-46)35-74-68(99)71-24-15-14-16-25-72-69(100)77-43(7)67(97)98/h18-23,32,38,40-44,49,52-53,55-56,86H,11-17,24-31,33-37,39H2,1-10H3,(H,73,93)(H,75,92)(H,76,95)(H,78,96)(H,79,87)(H,81,94)(H,82,101)(H,89,90)(H,97,98)(H2,71,74,99)(H2,72,77,100)/t41-,42+,43+,44-,49+,52-,53+,55-,56-/m1/s1. The van der Waals surface area contributed by atoms with Gasteiger partial charge in [-0.1, -0.05) is 86.0 Å². The minimum absolute atomic E-state index is 0.0201. The number of amides is 12. The molecule has 34 nitrogen and oxygen atoms in total. The van der Waals surface area contributed by atoms with Crippen molar-refractivity contribution >= 4 is 116 Å². The maximum Gasteiger partial charge on any atom is 0.426 e. The highest BCUT2D eigenvalue weighted by Crippen LogP contribution is 2.35. The quantitative estimate of drug-likeness (QED) is 0.00943. The van der Waals surface area contributed by atoms with Crippen LogP contribution in [0.15, 0.2) is 47.8 Å². The molecule has 1 aliphatic carbocycles. The Bertz CT molecular complexity index is 3500. The number of carboxylic acid groups (broad SMARTS) is 2. The number of urea groups is 2. The molecule has 12 amide bonds. The van der Waals surface area contributed by atoms with E-state index < -0.39 is 151 Å². The van der Waals surface area contributed by atoms with Crippen LogP contribution in [0.2, 0.25) is 0 Å². The molecule has 0 saturated heterocycles. The van der Waals surface area contributed by atoms with Crippen LogP contribution in [0.4, 0.5) is 14.4 Å². The number of carboxylic acids is 2. The first-order chi connectivity index (χ1) is 50.8. The number of aliphatic carboxylic acids is 2. The molecule has 1 aliphatic rings. The van der Waals surface area contributed by atoms with Crippen molar-refractivity contribution in [2.24, 2.45) is 5.92 Å². The number of phenolic OH excluding ortho intramolecular Hbond substituents is 1.